The van der Waals surface area contributed by atoms with Gasteiger partial charge in [-0.3, -0.25) is 0 Å². The predicted octanol–water partition coefficient (Wildman–Crippen LogP) is 10.8. The first kappa shape index (κ1) is 24.9. The lowest BCUT2D eigenvalue weighted by Gasteiger charge is -2.08. The number of hydrogen-bond donors (Lipinski definition) is 0. The van der Waals surface area contributed by atoms with E-state index in [0.29, 0.717) is 17.5 Å². The van der Waals surface area contributed by atoms with Gasteiger partial charge in [-0.25, -0.2) is 15.0 Å². The minimum absolute atomic E-state index is 0.609. The average molecular weight is 582 g/mol. The molecule has 0 radical (unpaired) electrons. The van der Waals surface area contributed by atoms with Gasteiger partial charge in [0.15, 0.2) is 17.5 Å². The van der Waals surface area contributed by atoms with Crippen molar-refractivity contribution in [2.75, 3.05) is 0 Å². The first-order valence-electron chi connectivity index (χ1n) is 14.5. The van der Waals surface area contributed by atoms with Crippen molar-refractivity contribution < 1.29 is 4.42 Å². The molecule has 4 nitrogen and oxygen atoms in total. The van der Waals surface area contributed by atoms with Crippen LogP contribution in [-0.2, 0) is 0 Å². The average Bonchev–Trinajstić information content (AvgIpc) is 3.66. The maximum atomic E-state index is 6.38. The molecule has 0 aliphatic rings. The zero-order valence-electron chi connectivity index (χ0n) is 23.4. The molecule has 9 aromatic rings. The Kier molecular flexibility index (Phi) is 5.64. The fourth-order valence-electron chi connectivity index (χ4n) is 5.94. The van der Waals surface area contributed by atoms with E-state index in [9.17, 15) is 0 Å². The highest BCUT2D eigenvalue weighted by Gasteiger charge is 2.15. The first-order chi connectivity index (χ1) is 21.8. The van der Waals surface area contributed by atoms with Crippen molar-refractivity contribution in [3.05, 3.63) is 140 Å². The van der Waals surface area contributed by atoms with Crippen LogP contribution < -0.4 is 0 Å². The van der Waals surface area contributed by atoms with Crippen LogP contribution in [0.15, 0.2) is 144 Å². The van der Waals surface area contributed by atoms with Gasteiger partial charge in [0, 0.05) is 47.6 Å². The maximum absolute atomic E-state index is 6.38. The molecule has 6 aromatic carbocycles. The van der Waals surface area contributed by atoms with Gasteiger partial charge in [0.2, 0.25) is 0 Å². The molecule has 0 amide bonds. The summed E-state index contributed by atoms with van der Waals surface area (Å²) >= 11 is 1.84. The third-order valence-electron chi connectivity index (χ3n) is 8.14. The zero-order chi connectivity index (χ0) is 29.0. The molecule has 206 valence electrons. The van der Waals surface area contributed by atoms with Crippen molar-refractivity contribution >= 4 is 53.4 Å². The molecule has 0 N–H and O–H groups in total. The monoisotopic (exact) mass is 581 g/mol. The minimum atomic E-state index is 0.609. The van der Waals surface area contributed by atoms with Crippen LogP contribution in [0.3, 0.4) is 0 Å². The second-order valence-corrected chi connectivity index (χ2v) is 12.0. The molecule has 9 rings (SSSR count). The Labute approximate surface area is 256 Å². The standard InChI is InChI=1S/C39H23N3OS/c1-3-9-24(10-4-1)37-40-38(25-11-5-2-6-12-25)42-39(41-37)28-16-18-29-32-21-26(17-20-33(32)43-34(29)22-28)27-15-19-31-30-13-7-8-14-35(30)44-36(31)23-27/h1-23H. The summed E-state index contributed by atoms with van der Waals surface area (Å²) in [4.78, 5) is 14.6. The van der Waals surface area contributed by atoms with Gasteiger partial charge in [-0.2, -0.15) is 0 Å². The fourth-order valence-corrected chi connectivity index (χ4v) is 7.08. The number of aromatic nitrogens is 3. The summed E-state index contributed by atoms with van der Waals surface area (Å²) < 4.78 is 8.99. The second kappa shape index (κ2) is 9.97. The summed E-state index contributed by atoms with van der Waals surface area (Å²) in [5.74, 6) is 1.89. The molecule has 0 saturated heterocycles. The lowest BCUT2D eigenvalue weighted by Crippen LogP contribution is -2.00. The number of nitrogens with zero attached hydrogens (tertiary/aromatic N) is 3. The van der Waals surface area contributed by atoms with E-state index in [1.54, 1.807) is 0 Å². The number of rotatable bonds is 4. The summed E-state index contributed by atoms with van der Waals surface area (Å²) in [6.07, 6.45) is 0. The number of furan rings is 1. The summed E-state index contributed by atoms with van der Waals surface area (Å²) in [6.45, 7) is 0. The third kappa shape index (κ3) is 4.17. The molecule has 0 fully saturated rings. The van der Waals surface area contributed by atoms with Crippen molar-refractivity contribution in [1.82, 2.24) is 15.0 Å². The molecule has 0 spiro atoms. The molecule has 0 saturated carbocycles. The Morgan fingerprint density at radius 1 is 0.364 bits per heavy atom. The van der Waals surface area contributed by atoms with Gasteiger partial charge < -0.3 is 4.42 Å². The highest BCUT2D eigenvalue weighted by Crippen LogP contribution is 2.38. The van der Waals surface area contributed by atoms with Crippen LogP contribution in [0.2, 0.25) is 0 Å². The number of hydrogen-bond acceptors (Lipinski definition) is 5. The van der Waals surface area contributed by atoms with Crippen molar-refractivity contribution in [2.24, 2.45) is 0 Å². The second-order valence-electron chi connectivity index (χ2n) is 10.9. The molecule has 3 aromatic heterocycles. The van der Waals surface area contributed by atoms with Gasteiger partial charge >= 0.3 is 0 Å². The molecular weight excluding hydrogens is 559 g/mol. The van der Waals surface area contributed by atoms with E-state index in [0.717, 1.165) is 38.6 Å². The quantitative estimate of drug-likeness (QED) is 0.207. The van der Waals surface area contributed by atoms with E-state index in [4.69, 9.17) is 19.4 Å². The van der Waals surface area contributed by atoms with Crippen LogP contribution in [0, 0.1) is 0 Å². The Balaban J connectivity index is 1.15. The van der Waals surface area contributed by atoms with E-state index >= 15 is 0 Å². The van der Waals surface area contributed by atoms with Gasteiger partial charge in [-0.1, -0.05) is 103 Å². The summed E-state index contributed by atoms with van der Waals surface area (Å²) in [5.41, 5.74) is 6.79. The highest BCUT2D eigenvalue weighted by molar-refractivity contribution is 7.25. The zero-order valence-corrected chi connectivity index (χ0v) is 24.3. The molecular formula is C39H23N3OS. The Hall–Kier alpha value is -5.65. The summed E-state index contributed by atoms with van der Waals surface area (Å²) in [7, 11) is 0. The molecule has 5 heteroatoms. The van der Waals surface area contributed by atoms with E-state index in [1.165, 1.54) is 31.3 Å². The third-order valence-corrected chi connectivity index (χ3v) is 9.27. The van der Waals surface area contributed by atoms with Crippen LogP contribution in [0.5, 0.6) is 0 Å². The summed E-state index contributed by atoms with van der Waals surface area (Å²) in [5, 5.41) is 4.78. The van der Waals surface area contributed by atoms with Crippen LogP contribution >= 0.6 is 11.3 Å². The van der Waals surface area contributed by atoms with Crippen molar-refractivity contribution in [3.63, 3.8) is 0 Å². The van der Waals surface area contributed by atoms with Gasteiger partial charge in [-0.15, -0.1) is 11.3 Å². The summed E-state index contributed by atoms with van der Waals surface area (Å²) in [6, 6.07) is 48.1. The van der Waals surface area contributed by atoms with Gasteiger partial charge in [0.05, 0.1) is 0 Å². The van der Waals surface area contributed by atoms with Gasteiger partial charge in [-0.05, 0) is 47.5 Å². The van der Waals surface area contributed by atoms with Crippen LogP contribution in [-0.4, -0.2) is 15.0 Å². The lowest BCUT2D eigenvalue weighted by atomic mass is 10.0. The molecule has 44 heavy (non-hydrogen) atoms. The van der Waals surface area contributed by atoms with Gasteiger partial charge in [0.1, 0.15) is 11.2 Å². The van der Waals surface area contributed by atoms with Crippen molar-refractivity contribution in [1.29, 1.82) is 0 Å². The Morgan fingerprint density at radius 3 is 1.68 bits per heavy atom. The molecule has 0 aliphatic heterocycles. The topological polar surface area (TPSA) is 51.8 Å². The number of benzene rings is 6. The molecule has 0 bridgehead atoms. The molecule has 0 atom stereocenters. The Bertz CT molecular complexity index is 2440. The molecule has 0 unspecified atom stereocenters. The molecule has 0 aliphatic carbocycles. The van der Waals surface area contributed by atoms with E-state index in [2.05, 4.69) is 72.8 Å². The van der Waals surface area contributed by atoms with E-state index < -0.39 is 0 Å². The largest absolute Gasteiger partial charge is 0.456 e. The maximum Gasteiger partial charge on any atom is 0.164 e. The van der Waals surface area contributed by atoms with Crippen molar-refractivity contribution in [2.45, 2.75) is 0 Å². The predicted molar refractivity (Wildman–Crippen MR) is 182 cm³/mol. The normalized spacial score (nSPS) is 11.6. The van der Waals surface area contributed by atoms with Crippen LogP contribution in [0.4, 0.5) is 0 Å². The van der Waals surface area contributed by atoms with E-state index in [-0.39, 0.29) is 0 Å². The Morgan fingerprint density at radius 2 is 0.932 bits per heavy atom. The fraction of sp³-hybridized carbons (Fsp3) is 0. The van der Waals surface area contributed by atoms with Crippen LogP contribution in [0.1, 0.15) is 0 Å². The van der Waals surface area contributed by atoms with Crippen molar-refractivity contribution in [3.8, 4) is 45.3 Å². The smallest absolute Gasteiger partial charge is 0.164 e. The SMILES string of the molecule is c1ccc(-c2nc(-c3ccccc3)nc(-c3ccc4c(c3)oc3ccc(-c5ccc6c(c5)sc5ccccc56)cc34)n2)cc1. The highest BCUT2D eigenvalue weighted by atomic mass is 32.1. The van der Waals surface area contributed by atoms with Gasteiger partial charge in [0.25, 0.3) is 0 Å². The van der Waals surface area contributed by atoms with E-state index in [1.807, 2.05) is 78.1 Å². The minimum Gasteiger partial charge on any atom is -0.456 e. The number of thiophene rings is 1. The first-order valence-corrected chi connectivity index (χ1v) is 15.3. The lowest BCUT2D eigenvalue weighted by molar-refractivity contribution is 0.669. The number of fused-ring (bicyclic) bond motifs is 6. The van der Waals surface area contributed by atoms with Crippen LogP contribution in [0.25, 0.3) is 87.4 Å². The molecule has 3 heterocycles.